The molecule has 0 spiro atoms. The van der Waals surface area contributed by atoms with Crippen LogP contribution in [0.2, 0.25) is 0 Å². The maximum absolute atomic E-state index is 12.6. The van der Waals surface area contributed by atoms with Crippen LogP contribution in [0.1, 0.15) is 38.8 Å². The Morgan fingerprint density at radius 3 is 2.71 bits per heavy atom. The molecule has 0 fully saturated rings. The Morgan fingerprint density at radius 1 is 1.17 bits per heavy atom. The largest absolute Gasteiger partial charge is 0.275 e. The van der Waals surface area contributed by atoms with Crippen LogP contribution >= 0.6 is 0 Å². The van der Waals surface area contributed by atoms with Crippen LogP contribution in [0.4, 0.5) is 0 Å². The van der Waals surface area contributed by atoms with Gasteiger partial charge in [-0.1, -0.05) is 38.5 Å². The van der Waals surface area contributed by atoms with Gasteiger partial charge in [0.15, 0.2) is 5.82 Å². The quantitative estimate of drug-likeness (QED) is 0.699. The highest BCUT2D eigenvalue weighted by Crippen LogP contribution is 2.11. The van der Waals surface area contributed by atoms with Gasteiger partial charge in [-0.15, -0.1) is 0 Å². The lowest BCUT2D eigenvalue weighted by Crippen LogP contribution is -2.25. The summed E-state index contributed by atoms with van der Waals surface area (Å²) < 4.78 is 3.33. The molecule has 1 unspecified atom stereocenters. The average molecular weight is 325 g/mol. The molecule has 2 aromatic heterocycles. The molecule has 2 heterocycles. The zero-order valence-electron chi connectivity index (χ0n) is 14.4. The first-order valence-electron chi connectivity index (χ1n) is 8.49. The number of nitrogens with zero attached hydrogens (tertiary/aromatic N) is 5. The minimum absolute atomic E-state index is 0.0952. The summed E-state index contributed by atoms with van der Waals surface area (Å²) in [5, 5.41) is 10.4. The number of hydrogen-bond donors (Lipinski definition) is 0. The molecule has 3 rings (SSSR count). The van der Waals surface area contributed by atoms with Crippen molar-refractivity contribution in [3.05, 3.63) is 52.5 Å². The van der Waals surface area contributed by atoms with E-state index < -0.39 is 0 Å². The Morgan fingerprint density at radius 2 is 1.96 bits per heavy atom. The third kappa shape index (κ3) is 3.22. The maximum Gasteiger partial charge on any atom is 0.275 e. The van der Waals surface area contributed by atoms with Crippen molar-refractivity contribution in [2.45, 2.75) is 46.7 Å². The van der Waals surface area contributed by atoms with Crippen molar-refractivity contribution in [3.8, 4) is 0 Å². The molecule has 24 heavy (non-hydrogen) atoms. The fourth-order valence-corrected chi connectivity index (χ4v) is 2.71. The molecule has 3 aromatic rings. The van der Waals surface area contributed by atoms with Gasteiger partial charge in [0, 0.05) is 18.4 Å². The Kier molecular flexibility index (Phi) is 4.74. The highest BCUT2D eigenvalue weighted by molar-refractivity contribution is 5.80. The molecule has 1 atom stereocenters. The van der Waals surface area contributed by atoms with E-state index in [1.165, 1.54) is 4.68 Å². The van der Waals surface area contributed by atoms with Gasteiger partial charge in [0.2, 0.25) is 0 Å². The second kappa shape index (κ2) is 6.95. The Balaban J connectivity index is 1.93. The van der Waals surface area contributed by atoms with Crippen LogP contribution in [0, 0.1) is 5.92 Å². The molecule has 1 aromatic carbocycles. The van der Waals surface area contributed by atoms with Gasteiger partial charge in [0.25, 0.3) is 5.56 Å². The zero-order valence-corrected chi connectivity index (χ0v) is 14.4. The lowest BCUT2D eigenvalue weighted by molar-refractivity contribution is 0.532. The minimum atomic E-state index is -0.0952. The summed E-state index contributed by atoms with van der Waals surface area (Å²) >= 11 is 0. The van der Waals surface area contributed by atoms with E-state index in [0.29, 0.717) is 17.8 Å². The maximum atomic E-state index is 12.6. The topological polar surface area (TPSA) is 65.6 Å². The predicted molar refractivity (Wildman–Crippen MR) is 94.0 cm³/mol. The highest BCUT2D eigenvalue weighted by Gasteiger charge is 2.13. The van der Waals surface area contributed by atoms with Crippen molar-refractivity contribution < 1.29 is 0 Å². The lowest BCUT2D eigenvalue weighted by atomic mass is 10.1. The summed E-state index contributed by atoms with van der Waals surface area (Å²) in [5.74, 6) is 2.17. The van der Waals surface area contributed by atoms with Crippen LogP contribution in [0.15, 0.2) is 35.3 Å². The van der Waals surface area contributed by atoms with Crippen LogP contribution in [-0.4, -0.2) is 24.5 Å². The Bertz CT molecular complexity index is 896. The second-order valence-electron chi connectivity index (χ2n) is 6.17. The number of hydrogen-bond acceptors (Lipinski definition) is 4. The molecule has 0 saturated carbocycles. The molecule has 0 aliphatic carbocycles. The first-order chi connectivity index (χ1) is 11.6. The molecule has 0 radical (unpaired) electrons. The van der Waals surface area contributed by atoms with E-state index in [2.05, 4.69) is 29.0 Å². The second-order valence-corrected chi connectivity index (χ2v) is 6.17. The van der Waals surface area contributed by atoms with Gasteiger partial charge in [-0.3, -0.25) is 4.79 Å². The summed E-state index contributed by atoms with van der Waals surface area (Å²) in [7, 11) is 0. The van der Waals surface area contributed by atoms with E-state index in [-0.39, 0.29) is 5.56 Å². The molecule has 0 bridgehead atoms. The van der Waals surface area contributed by atoms with Crippen molar-refractivity contribution in [2.24, 2.45) is 5.92 Å². The van der Waals surface area contributed by atoms with Crippen molar-refractivity contribution in [2.75, 3.05) is 0 Å². The van der Waals surface area contributed by atoms with Gasteiger partial charge in [0.05, 0.1) is 11.6 Å². The fraction of sp³-hybridized carbons (Fsp3) is 0.444. The van der Waals surface area contributed by atoms with Crippen molar-refractivity contribution >= 4 is 10.8 Å². The average Bonchev–Trinajstić information content (AvgIpc) is 2.99. The molecular weight excluding hydrogens is 302 g/mol. The van der Waals surface area contributed by atoms with Crippen LogP contribution < -0.4 is 5.56 Å². The van der Waals surface area contributed by atoms with E-state index >= 15 is 0 Å². The third-order valence-electron chi connectivity index (χ3n) is 4.37. The molecular formula is C18H23N5O. The summed E-state index contributed by atoms with van der Waals surface area (Å²) in [6.07, 6.45) is 3.68. The molecule has 0 aliphatic rings. The SMILES string of the molecule is CCC(C)Cc1nc(Cn2ncc3ccccc3c2=O)n(CC)n1. The lowest BCUT2D eigenvalue weighted by Gasteiger charge is -2.06. The monoisotopic (exact) mass is 325 g/mol. The Hall–Kier alpha value is -2.50. The number of aromatic nitrogens is 5. The molecule has 0 aliphatic heterocycles. The van der Waals surface area contributed by atoms with E-state index in [1.807, 2.05) is 35.9 Å². The summed E-state index contributed by atoms with van der Waals surface area (Å²) in [4.78, 5) is 17.2. The van der Waals surface area contributed by atoms with Gasteiger partial charge in [-0.05, 0) is 18.9 Å². The van der Waals surface area contributed by atoms with Crippen LogP contribution in [0.3, 0.4) is 0 Å². The third-order valence-corrected chi connectivity index (χ3v) is 4.37. The van der Waals surface area contributed by atoms with E-state index in [0.717, 1.165) is 36.4 Å². The molecule has 126 valence electrons. The number of fused-ring (bicyclic) bond motifs is 1. The number of aryl methyl sites for hydroxylation is 1. The van der Waals surface area contributed by atoms with Gasteiger partial charge < -0.3 is 0 Å². The predicted octanol–water partition coefficient (Wildman–Crippen LogP) is 2.64. The van der Waals surface area contributed by atoms with Crippen LogP contribution in [-0.2, 0) is 19.5 Å². The first kappa shape index (κ1) is 16.4. The van der Waals surface area contributed by atoms with Crippen LogP contribution in [0.25, 0.3) is 10.8 Å². The Labute approximate surface area is 141 Å². The zero-order chi connectivity index (χ0) is 17.1. The van der Waals surface area contributed by atoms with Crippen molar-refractivity contribution in [3.63, 3.8) is 0 Å². The molecule has 0 amide bonds. The molecule has 0 saturated heterocycles. The first-order valence-corrected chi connectivity index (χ1v) is 8.49. The van der Waals surface area contributed by atoms with Gasteiger partial charge in [0.1, 0.15) is 12.4 Å². The normalized spacial score (nSPS) is 12.6. The number of rotatable bonds is 6. The number of benzene rings is 1. The highest BCUT2D eigenvalue weighted by atomic mass is 16.1. The van der Waals surface area contributed by atoms with E-state index in [9.17, 15) is 4.79 Å². The standard InChI is InChI=1S/C18H23N5O/c1-4-13(3)10-16-20-17(22(5-2)21-16)12-23-18(24)15-9-7-6-8-14(15)11-19-23/h6-9,11,13H,4-5,10,12H2,1-3H3. The molecule has 6 heteroatoms. The molecule has 0 N–H and O–H groups in total. The minimum Gasteiger partial charge on any atom is -0.267 e. The van der Waals surface area contributed by atoms with E-state index in [4.69, 9.17) is 0 Å². The van der Waals surface area contributed by atoms with Gasteiger partial charge >= 0.3 is 0 Å². The molecule has 6 nitrogen and oxygen atoms in total. The van der Waals surface area contributed by atoms with Crippen LogP contribution in [0.5, 0.6) is 0 Å². The van der Waals surface area contributed by atoms with Crippen molar-refractivity contribution in [1.82, 2.24) is 24.5 Å². The van der Waals surface area contributed by atoms with Crippen molar-refractivity contribution in [1.29, 1.82) is 0 Å². The fourth-order valence-electron chi connectivity index (χ4n) is 2.71. The summed E-state index contributed by atoms with van der Waals surface area (Å²) in [6, 6.07) is 7.50. The van der Waals surface area contributed by atoms with Gasteiger partial charge in [-0.2, -0.15) is 10.2 Å². The smallest absolute Gasteiger partial charge is 0.267 e. The summed E-state index contributed by atoms with van der Waals surface area (Å²) in [5.41, 5.74) is -0.0952. The van der Waals surface area contributed by atoms with E-state index in [1.54, 1.807) is 6.20 Å². The van der Waals surface area contributed by atoms with Gasteiger partial charge in [-0.25, -0.2) is 14.3 Å². The summed E-state index contributed by atoms with van der Waals surface area (Å²) in [6.45, 7) is 7.46.